The number of amides is 2. The number of nitrogens with one attached hydrogen (secondary N) is 1. The Labute approximate surface area is 228 Å². The van der Waals surface area contributed by atoms with Gasteiger partial charge in [0.05, 0.1) is 26.0 Å². The molecule has 2 heterocycles. The van der Waals surface area contributed by atoms with Gasteiger partial charge >= 0.3 is 0 Å². The molecule has 1 aromatic heterocycles. The number of carbonyl (C=O) groups is 2. The van der Waals surface area contributed by atoms with Gasteiger partial charge in [0.25, 0.3) is 5.91 Å². The van der Waals surface area contributed by atoms with Crippen molar-refractivity contribution >= 4 is 11.8 Å². The van der Waals surface area contributed by atoms with Gasteiger partial charge in [-0.25, -0.2) is 0 Å². The van der Waals surface area contributed by atoms with Crippen LogP contribution in [0.4, 0.5) is 0 Å². The molecule has 0 saturated heterocycles. The normalized spacial score (nSPS) is 16.5. The average molecular weight is 525 g/mol. The maximum Gasteiger partial charge on any atom is 0.273 e. The number of fused-ring (bicyclic) bond motifs is 1. The molecule has 1 unspecified atom stereocenters. The molecule has 8 heteroatoms. The van der Waals surface area contributed by atoms with Crippen molar-refractivity contribution in [3.63, 3.8) is 0 Å². The fourth-order valence-electron chi connectivity index (χ4n) is 4.80. The van der Waals surface area contributed by atoms with Crippen molar-refractivity contribution in [2.45, 2.75) is 39.0 Å². The molecule has 4 aromatic rings. The SMILES string of the molecule is CCOc1ccc(CN2C(=O)c3cc(-c4ccc(OC)cc4)nn3CC2(C)C(=O)NCc2ccccc2)cc1. The fourth-order valence-corrected chi connectivity index (χ4v) is 4.80. The Morgan fingerprint density at radius 3 is 2.33 bits per heavy atom. The summed E-state index contributed by atoms with van der Waals surface area (Å²) >= 11 is 0. The maximum atomic E-state index is 14.0. The van der Waals surface area contributed by atoms with E-state index >= 15 is 0 Å². The minimum absolute atomic E-state index is 0.224. The Hall–Kier alpha value is -4.59. The number of nitrogens with zero attached hydrogens (tertiary/aromatic N) is 3. The van der Waals surface area contributed by atoms with Gasteiger partial charge in [-0.05, 0) is 67.4 Å². The monoisotopic (exact) mass is 524 g/mol. The zero-order chi connectivity index (χ0) is 27.4. The van der Waals surface area contributed by atoms with Crippen LogP contribution in [0, 0.1) is 0 Å². The molecule has 5 rings (SSSR count). The van der Waals surface area contributed by atoms with E-state index in [1.807, 2.05) is 85.8 Å². The first kappa shape index (κ1) is 26.0. The molecule has 1 N–H and O–H groups in total. The maximum absolute atomic E-state index is 14.0. The lowest BCUT2D eigenvalue weighted by atomic mass is 9.94. The summed E-state index contributed by atoms with van der Waals surface area (Å²) in [6.45, 7) is 5.17. The Balaban J connectivity index is 1.47. The van der Waals surface area contributed by atoms with E-state index in [-0.39, 0.29) is 24.9 Å². The van der Waals surface area contributed by atoms with Crippen molar-refractivity contribution in [3.05, 3.63) is 102 Å². The molecule has 0 spiro atoms. The van der Waals surface area contributed by atoms with E-state index in [4.69, 9.17) is 14.6 Å². The van der Waals surface area contributed by atoms with Crippen LogP contribution >= 0.6 is 0 Å². The molecule has 0 bridgehead atoms. The summed E-state index contributed by atoms with van der Waals surface area (Å²) in [7, 11) is 1.62. The first-order chi connectivity index (χ1) is 18.9. The quantitative estimate of drug-likeness (QED) is 0.343. The summed E-state index contributed by atoms with van der Waals surface area (Å²) in [5.41, 5.74) is 2.68. The standard InChI is InChI=1S/C31H32N4O4/c1-4-39-26-14-10-23(11-15-26)20-34-29(36)28-18-27(24-12-16-25(38-3)17-13-24)33-35(28)21-31(34,2)30(37)32-19-22-8-6-5-7-9-22/h5-18H,4,19-21H2,1-3H3,(H,32,37). The second kappa shape index (κ2) is 11.0. The van der Waals surface area contributed by atoms with Crippen LogP contribution < -0.4 is 14.8 Å². The third kappa shape index (κ3) is 5.36. The van der Waals surface area contributed by atoms with E-state index in [1.165, 1.54) is 0 Å². The van der Waals surface area contributed by atoms with Crippen molar-refractivity contribution in [1.29, 1.82) is 0 Å². The van der Waals surface area contributed by atoms with Crippen LogP contribution in [0.1, 0.15) is 35.5 Å². The van der Waals surface area contributed by atoms with Gasteiger partial charge in [-0.3, -0.25) is 14.3 Å². The first-order valence-electron chi connectivity index (χ1n) is 13.0. The van der Waals surface area contributed by atoms with Gasteiger partial charge in [-0.1, -0.05) is 42.5 Å². The summed E-state index contributed by atoms with van der Waals surface area (Å²) in [4.78, 5) is 29.4. The minimum Gasteiger partial charge on any atom is -0.497 e. The summed E-state index contributed by atoms with van der Waals surface area (Å²) in [5, 5.41) is 7.77. The average Bonchev–Trinajstić information content (AvgIpc) is 3.39. The molecule has 39 heavy (non-hydrogen) atoms. The molecular formula is C31H32N4O4. The number of rotatable bonds is 9. The van der Waals surface area contributed by atoms with E-state index in [0.29, 0.717) is 24.5 Å². The highest BCUT2D eigenvalue weighted by Crippen LogP contribution is 2.32. The van der Waals surface area contributed by atoms with Gasteiger partial charge in [0, 0.05) is 18.7 Å². The predicted molar refractivity (Wildman–Crippen MR) is 148 cm³/mol. The van der Waals surface area contributed by atoms with Crippen molar-refractivity contribution in [1.82, 2.24) is 20.0 Å². The number of benzene rings is 3. The van der Waals surface area contributed by atoms with Gasteiger partial charge in [-0.2, -0.15) is 5.10 Å². The molecule has 2 amide bonds. The van der Waals surface area contributed by atoms with Crippen LogP contribution in [0.15, 0.2) is 84.9 Å². The van der Waals surface area contributed by atoms with E-state index in [0.717, 1.165) is 28.2 Å². The molecule has 0 radical (unpaired) electrons. The molecule has 1 atom stereocenters. The van der Waals surface area contributed by atoms with Crippen LogP contribution in [0.2, 0.25) is 0 Å². The fraction of sp³-hybridized carbons (Fsp3) is 0.258. The van der Waals surface area contributed by atoms with E-state index in [9.17, 15) is 9.59 Å². The lowest BCUT2D eigenvalue weighted by Crippen LogP contribution is -2.63. The Morgan fingerprint density at radius 1 is 0.974 bits per heavy atom. The van der Waals surface area contributed by atoms with E-state index < -0.39 is 5.54 Å². The zero-order valence-electron chi connectivity index (χ0n) is 22.4. The van der Waals surface area contributed by atoms with Crippen LogP contribution in [0.3, 0.4) is 0 Å². The molecule has 8 nitrogen and oxygen atoms in total. The number of hydrogen-bond acceptors (Lipinski definition) is 5. The lowest BCUT2D eigenvalue weighted by molar-refractivity contribution is -0.133. The third-order valence-corrected chi connectivity index (χ3v) is 7.04. The molecule has 0 saturated carbocycles. The molecule has 200 valence electrons. The highest BCUT2D eigenvalue weighted by molar-refractivity contribution is 6.00. The summed E-state index contributed by atoms with van der Waals surface area (Å²) in [6, 6.07) is 26.6. The first-order valence-corrected chi connectivity index (χ1v) is 13.0. The van der Waals surface area contributed by atoms with Gasteiger partial charge in [0.15, 0.2) is 0 Å². The highest BCUT2D eigenvalue weighted by Gasteiger charge is 2.48. The number of methoxy groups -OCH3 is 1. The lowest BCUT2D eigenvalue weighted by Gasteiger charge is -2.43. The topological polar surface area (TPSA) is 85.7 Å². The number of carbonyl (C=O) groups excluding carboxylic acids is 2. The molecule has 1 aliphatic rings. The van der Waals surface area contributed by atoms with Gasteiger partial charge < -0.3 is 19.7 Å². The Bertz CT molecular complexity index is 1450. The molecule has 3 aromatic carbocycles. The second-order valence-corrected chi connectivity index (χ2v) is 9.71. The summed E-state index contributed by atoms with van der Waals surface area (Å²) in [5.74, 6) is 1.01. The Morgan fingerprint density at radius 2 is 1.67 bits per heavy atom. The molecule has 0 fully saturated rings. The van der Waals surface area contributed by atoms with Crippen LogP contribution in [-0.4, -0.2) is 45.8 Å². The van der Waals surface area contributed by atoms with E-state index in [1.54, 1.807) is 29.7 Å². The third-order valence-electron chi connectivity index (χ3n) is 7.04. The Kier molecular flexibility index (Phi) is 7.36. The summed E-state index contributed by atoms with van der Waals surface area (Å²) in [6.07, 6.45) is 0. The molecular weight excluding hydrogens is 492 g/mol. The number of hydrogen-bond donors (Lipinski definition) is 1. The molecule has 1 aliphatic heterocycles. The van der Waals surface area contributed by atoms with Crippen molar-refractivity contribution in [3.8, 4) is 22.8 Å². The molecule has 0 aliphatic carbocycles. The minimum atomic E-state index is -1.17. The van der Waals surface area contributed by atoms with Gasteiger partial charge in [-0.15, -0.1) is 0 Å². The van der Waals surface area contributed by atoms with Crippen LogP contribution in [0.5, 0.6) is 11.5 Å². The van der Waals surface area contributed by atoms with Crippen molar-refractivity contribution < 1.29 is 19.1 Å². The van der Waals surface area contributed by atoms with Crippen molar-refractivity contribution in [2.75, 3.05) is 13.7 Å². The zero-order valence-corrected chi connectivity index (χ0v) is 22.4. The van der Waals surface area contributed by atoms with Crippen molar-refractivity contribution in [2.24, 2.45) is 0 Å². The van der Waals surface area contributed by atoms with Crippen LogP contribution in [-0.2, 0) is 24.4 Å². The second-order valence-electron chi connectivity index (χ2n) is 9.71. The number of ether oxygens (including phenoxy) is 2. The van der Waals surface area contributed by atoms with Gasteiger partial charge in [0.1, 0.15) is 22.7 Å². The predicted octanol–water partition coefficient (Wildman–Crippen LogP) is 4.69. The van der Waals surface area contributed by atoms with Gasteiger partial charge in [0.2, 0.25) is 5.91 Å². The highest BCUT2D eigenvalue weighted by atomic mass is 16.5. The largest absolute Gasteiger partial charge is 0.497 e. The van der Waals surface area contributed by atoms with E-state index in [2.05, 4.69) is 5.32 Å². The number of aromatic nitrogens is 2. The summed E-state index contributed by atoms with van der Waals surface area (Å²) < 4.78 is 12.5. The smallest absolute Gasteiger partial charge is 0.273 e. The van der Waals surface area contributed by atoms with Crippen LogP contribution in [0.25, 0.3) is 11.3 Å².